The van der Waals surface area contributed by atoms with E-state index in [2.05, 4.69) is 5.16 Å². The summed E-state index contributed by atoms with van der Waals surface area (Å²) in [6.45, 7) is 4.20. The maximum Gasteiger partial charge on any atom is 0.180 e. The van der Waals surface area contributed by atoms with Gasteiger partial charge < -0.3 is 20.4 Å². The van der Waals surface area contributed by atoms with Gasteiger partial charge in [0.25, 0.3) is 0 Å². The molecule has 1 aromatic rings. The second-order valence-electron chi connectivity index (χ2n) is 3.19. The van der Waals surface area contributed by atoms with E-state index in [0.717, 1.165) is 5.75 Å². The fourth-order valence-electron chi connectivity index (χ4n) is 1.15. The van der Waals surface area contributed by atoms with Gasteiger partial charge in [-0.05, 0) is 26.0 Å². The average molecular weight is 224 g/mol. The van der Waals surface area contributed by atoms with Gasteiger partial charge in [0.1, 0.15) is 11.5 Å². The lowest BCUT2D eigenvalue weighted by Gasteiger charge is -2.13. The fourth-order valence-corrected chi connectivity index (χ4v) is 1.15. The largest absolute Gasteiger partial charge is 0.494 e. The SMILES string of the molecule is CCOc1cccc(OC(C)C(N)=NO)c1. The minimum Gasteiger partial charge on any atom is -0.494 e. The molecule has 1 rings (SSSR count). The van der Waals surface area contributed by atoms with Crippen molar-refractivity contribution in [3.8, 4) is 11.5 Å². The maximum atomic E-state index is 8.48. The van der Waals surface area contributed by atoms with Gasteiger partial charge in [-0.2, -0.15) is 0 Å². The van der Waals surface area contributed by atoms with Crippen molar-refractivity contribution >= 4 is 5.84 Å². The number of rotatable bonds is 5. The Morgan fingerprint density at radius 2 is 2.19 bits per heavy atom. The van der Waals surface area contributed by atoms with Crippen molar-refractivity contribution in [1.29, 1.82) is 0 Å². The summed E-state index contributed by atoms with van der Waals surface area (Å²) in [6, 6.07) is 7.19. The lowest BCUT2D eigenvalue weighted by atomic mass is 10.3. The van der Waals surface area contributed by atoms with Crippen LogP contribution in [-0.4, -0.2) is 23.8 Å². The van der Waals surface area contributed by atoms with E-state index in [1.54, 1.807) is 19.1 Å². The predicted octanol–water partition coefficient (Wildman–Crippen LogP) is 1.60. The van der Waals surface area contributed by atoms with Crippen molar-refractivity contribution in [2.75, 3.05) is 6.61 Å². The summed E-state index contributed by atoms with van der Waals surface area (Å²) >= 11 is 0. The van der Waals surface area contributed by atoms with Gasteiger partial charge >= 0.3 is 0 Å². The van der Waals surface area contributed by atoms with Gasteiger partial charge in [0, 0.05) is 6.07 Å². The lowest BCUT2D eigenvalue weighted by Crippen LogP contribution is -2.31. The van der Waals surface area contributed by atoms with Crippen molar-refractivity contribution in [2.45, 2.75) is 20.0 Å². The zero-order chi connectivity index (χ0) is 12.0. The Labute approximate surface area is 94.5 Å². The van der Waals surface area contributed by atoms with Crippen molar-refractivity contribution in [1.82, 2.24) is 0 Å². The molecule has 0 aliphatic carbocycles. The Morgan fingerprint density at radius 1 is 1.50 bits per heavy atom. The quantitative estimate of drug-likeness (QED) is 0.344. The van der Waals surface area contributed by atoms with E-state index in [4.69, 9.17) is 20.4 Å². The topological polar surface area (TPSA) is 77.1 Å². The molecule has 0 aliphatic rings. The molecule has 0 heterocycles. The average Bonchev–Trinajstić information content (AvgIpc) is 2.29. The first-order valence-corrected chi connectivity index (χ1v) is 5.04. The van der Waals surface area contributed by atoms with Gasteiger partial charge in [-0.15, -0.1) is 0 Å². The molecule has 0 saturated heterocycles. The first kappa shape index (κ1) is 12.2. The maximum absolute atomic E-state index is 8.48. The Hall–Kier alpha value is -1.91. The third-order valence-electron chi connectivity index (χ3n) is 1.96. The third kappa shape index (κ3) is 3.34. The molecule has 0 aliphatic heterocycles. The standard InChI is InChI=1S/C11H16N2O3/c1-3-15-9-5-4-6-10(7-9)16-8(2)11(12)13-14/h4-8,14H,3H2,1-2H3,(H2,12,13). The van der Waals surface area contributed by atoms with Crippen LogP contribution in [0.1, 0.15) is 13.8 Å². The number of benzene rings is 1. The Kier molecular flexibility index (Phi) is 4.44. The van der Waals surface area contributed by atoms with Crippen LogP contribution in [-0.2, 0) is 0 Å². The molecule has 1 unspecified atom stereocenters. The normalized spacial score (nSPS) is 13.2. The van der Waals surface area contributed by atoms with Gasteiger partial charge in [0.05, 0.1) is 6.61 Å². The summed E-state index contributed by atoms with van der Waals surface area (Å²) in [4.78, 5) is 0. The van der Waals surface area contributed by atoms with Crippen LogP contribution in [0.2, 0.25) is 0 Å². The first-order valence-electron chi connectivity index (χ1n) is 5.04. The molecular formula is C11H16N2O3. The van der Waals surface area contributed by atoms with E-state index >= 15 is 0 Å². The highest BCUT2D eigenvalue weighted by Crippen LogP contribution is 2.20. The van der Waals surface area contributed by atoms with E-state index in [0.29, 0.717) is 12.4 Å². The van der Waals surface area contributed by atoms with Gasteiger partial charge in [0.15, 0.2) is 11.9 Å². The van der Waals surface area contributed by atoms with Crippen LogP contribution in [0.4, 0.5) is 0 Å². The highest BCUT2D eigenvalue weighted by molar-refractivity contribution is 5.84. The molecule has 0 bridgehead atoms. The second kappa shape index (κ2) is 5.85. The molecule has 1 aromatic carbocycles. The molecule has 0 spiro atoms. The fraction of sp³-hybridized carbons (Fsp3) is 0.364. The number of nitrogens with zero attached hydrogens (tertiary/aromatic N) is 1. The molecule has 0 amide bonds. The molecule has 0 saturated carbocycles. The summed E-state index contributed by atoms with van der Waals surface area (Å²) < 4.78 is 10.8. The molecule has 0 radical (unpaired) electrons. The predicted molar refractivity (Wildman–Crippen MR) is 61.1 cm³/mol. The van der Waals surface area contributed by atoms with Crippen LogP contribution in [0, 0.1) is 0 Å². The molecular weight excluding hydrogens is 208 g/mol. The van der Waals surface area contributed by atoms with Gasteiger partial charge in [0.2, 0.25) is 0 Å². The highest BCUT2D eigenvalue weighted by atomic mass is 16.5. The number of hydrogen-bond acceptors (Lipinski definition) is 4. The van der Waals surface area contributed by atoms with E-state index in [1.807, 2.05) is 19.1 Å². The van der Waals surface area contributed by atoms with Crippen molar-refractivity contribution in [3.05, 3.63) is 24.3 Å². The Bertz CT molecular complexity index is 366. The number of oxime groups is 1. The summed E-state index contributed by atoms with van der Waals surface area (Å²) in [5.41, 5.74) is 5.40. The third-order valence-corrected chi connectivity index (χ3v) is 1.96. The number of amidine groups is 1. The first-order chi connectivity index (χ1) is 7.67. The Balaban J connectivity index is 2.70. The Morgan fingerprint density at radius 3 is 2.81 bits per heavy atom. The summed E-state index contributed by atoms with van der Waals surface area (Å²) in [7, 11) is 0. The molecule has 88 valence electrons. The van der Waals surface area contributed by atoms with Crippen LogP contribution >= 0.6 is 0 Å². The molecule has 16 heavy (non-hydrogen) atoms. The monoisotopic (exact) mass is 224 g/mol. The van der Waals surface area contributed by atoms with E-state index in [1.165, 1.54) is 0 Å². The lowest BCUT2D eigenvalue weighted by molar-refractivity contribution is 0.263. The molecule has 0 fully saturated rings. The molecule has 0 aromatic heterocycles. The number of hydrogen-bond donors (Lipinski definition) is 2. The van der Waals surface area contributed by atoms with Crippen molar-refractivity contribution < 1.29 is 14.7 Å². The van der Waals surface area contributed by atoms with Gasteiger partial charge in [-0.1, -0.05) is 11.2 Å². The molecule has 5 heteroatoms. The van der Waals surface area contributed by atoms with E-state index < -0.39 is 6.10 Å². The minimum absolute atomic E-state index is 0.0295. The molecule has 1 atom stereocenters. The van der Waals surface area contributed by atoms with Crippen LogP contribution in [0.3, 0.4) is 0 Å². The highest BCUT2D eigenvalue weighted by Gasteiger charge is 2.09. The number of nitrogens with two attached hydrogens (primary N) is 1. The van der Waals surface area contributed by atoms with Crippen LogP contribution < -0.4 is 15.2 Å². The van der Waals surface area contributed by atoms with Crippen LogP contribution in [0.5, 0.6) is 11.5 Å². The molecule has 3 N–H and O–H groups in total. The van der Waals surface area contributed by atoms with Gasteiger partial charge in [-0.25, -0.2) is 0 Å². The number of ether oxygens (including phenoxy) is 2. The van der Waals surface area contributed by atoms with Gasteiger partial charge in [-0.3, -0.25) is 0 Å². The molecule has 5 nitrogen and oxygen atoms in total. The second-order valence-corrected chi connectivity index (χ2v) is 3.19. The van der Waals surface area contributed by atoms with Crippen molar-refractivity contribution in [2.24, 2.45) is 10.9 Å². The van der Waals surface area contributed by atoms with Crippen LogP contribution in [0.15, 0.2) is 29.4 Å². The van der Waals surface area contributed by atoms with E-state index in [-0.39, 0.29) is 5.84 Å². The summed E-state index contributed by atoms with van der Waals surface area (Å²) in [6.07, 6.45) is -0.484. The zero-order valence-corrected chi connectivity index (χ0v) is 9.38. The minimum atomic E-state index is -0.484. The zero-order valence-electron chi connectivity index (χ0n) is 9.38. The smallest absolute Gasteiger partial charge is 0.180 e. The van der Waals surface area contributed by atoms with Crippen molar-refractivity contribution in [3.63, 3.8) is 0 Å². The van der Waals surface area contributed by atoms with E-state index in [9.17, 15) is 0 Å². The summed E-state index contributed by atoms with van der Waals surface area (Å²) in [5.74, 6) is 1.37. The van der Waals surface area contributed by atoms with Crippen LogP contribution in [0.25, 0.3) is 0 Å². The summed E-state index contributed by atoms with van der Waals surface area (Å²) in [5, 5.41) is 11.4.